The molecule has 2 aromatic rings. The van der Waals surface area contributed by atoms with Gasteiger partial charge in [0, 0.05) is 12.1 Å². The van der Waals surface area contributed by atoms with Crippen LogP contribution in [0.1, 0.15) is 38.5 Å². The molecule has 1 unspecified atom stereocenters. The summed E-state index contributed by atoms with van der Waals surface area (Å²) in [6, 6.07) is 10.9. The molecule has 1 aromatic carbocycles. The van der Waals surface area contributed by atoms with Crippen molar-refractivity contribution >= 4 is 28.8 Å². The highest BCUT2D eigenvalue weighted by molar-refractivity contribution is 6.11. The third-order valence-electron chi connectivity index (χ3n) is 5.49. The molecule has 6 nitrogen and oxygen atoms in total. The molecule has 0 amide bonds. The van der Waals surface area contributed by atoms with Crippen LogP contribution in [0.5, 0.6) is 0 Å². The highest BCUT2D eigenvalue weighted by Gasteiger charge is 2.47. The van der Waals surface area contributed by atoms with Crippen molar-refractivity contribution in [1.29, 1.82) is 0 Å². The predicted molar refractivity (Wildman–Crippen MR) is 106 cm³/mol. The summed E-state index contributed by atoms with van der Waals surface area (Å²) in [6.07, 6.45) is 2.79. The molecule has 6 heteroatoms. The number of hydrogen-bond acceptors (Lipinski definition) is 6. The maximum absolute atomic E-state index is 13.3. The van der Waals surface area contributed by atoms with Gasteiger partial charge >= 0.3 is 5.97 Å². The van der Waals surface area contributed by atoms with Crippen LogP contribution in [0.2, 0.25) is 0 Å². The molecule has 0 radical (unpaired) electrons. The Morgan fingerprint density at radius 3 is 2.75 bits per heavy atom. The summed E-state index contributed by atoms with van der Waals surface area (Å²) in [5.41, 5.74) is 2.25. The first-order valence-electron chi connectivity index (χ1n) is 9.46. The second kappa shape index (κ2) is 6.93. The van der Waals surface area contributed by atoms with E-state index >= 15 is 0 Å². The normalized spacial score (nSPS) is 23.3. The molecule has 146 valence electrons. The smallest absolute Gasteiger partial charge is 0.325 e. The van der Waals surface area contributed by atoms with E-state index in [2.05, 4.69) is 13.8 Å². The van der Waals surface area contributed by atoms with E-state index in [9.17, 15) is 9.59 Å². The number of esters is 1. The van der Waals surface area contributed by atoms with Crippen LogP contribution in [0.3, 0.4) is 0 Å². The minimum absolute atomic E-state index is 0.00878. The molecule has 0 N–H and O–H groups in total. The average Bonchev–Trinajstić information content (AvgIpc) is 3.13. The van der Waals surface area contributed by atoms with Crippen molar-refractivity contribution in [3.8, 4) is 0 Å². The van der Waals surface area contributed by atoms with Crippen LogP contribution in [-0.4, -0.2) is 31.1 Å². The molecular weight excluding hydrogens is 356 g/mol. The van der Waals surface area contributed by atoms with Crippen LogP contribution in [-0.2, 0) is 14.3 Å². The molecule has 0 bridgehead atoms. The third-order valence-corrected chi connectivity index (χ3v) is 5.49. The first kappa shape index (κ1) is 18.5. The summed E-state index contributed by atoms with van der Waals surface area (Å²) >= 11 is 0. The highest BCUT2D eigenvalue weighted by atomic mass is 16.5. The Labute approximate surface area is 164 Å². The summed E-state index contributed by atoms with van der Waals surface area (Å²) in [6.45, 7) is 4.19. The van der Waals surface area contributed by atoms with Crippen LogP contribution >= 0.6 is 0 Å². The molecule has 4 rings (SSSR count). The van der Waals surface area contributed by atoms with Crippen molar-refractivity contribution in [1.82, 2.24) is 0 Å². The van der Waals surface area contributed by atoms with Gasteiger partial charge in [-0.2, -0.15) is 0 Å². The van der Waals surface area contributed by atoms with E-state index in [1.165, 1.54) is 7.11 Å². The number of furan rings is 1. The Hall–Kier alpha value is -2.89. The second-order valence-corrected chi connectivity index (χ2v) is 8.22. The number of carbonyl (C=O) groups excluding carboxylic acids is 2. The number of anilines is 1. The quantitative estimate of drug-likeness (QED) is 0.750. The van der Waals surface area contributed by atoms with Crippen LogP contribution in [0.15, 0.2) is 52.1 Å². The Morgan fingerprint density at radius 2 is 2.04 bits per heavy atom. The number of ether oxygens (including phenoxy) is 1. The number of aliphatic imine (C=N–C) groups is 1. The van der Waals surface area contributed by atoms with Gasteiger partial charge in [0.05, 0.1) is 30.7 Å². The van der Waals surface area contributed by atoms with Crippen molar-refractivity contribution in [3.05, 3.63) is 48.4 Å². The number of rotatable bonds is 3. The number of methoxy groups -OCH3 is 1. The number of para-hydroxylation sites is 2. The van der Waals surface area contributed by atoms with Crippen molar-refractivity contribution in [2.24, 2.45) is 16.3 Å². The zero-order valence-corrected chi connectivity index (χ0v) is 16.3. The second-order valence-electron chi connectivity index (χ2n) is 8.22. The number of benzene rings is 1. The first-order valence-corrected chi connectivity index (χ1v) is 9.46. The van der Waals surface area contributed by atoms with E-state index in [4.69, 9.17) is 14.1 Å². The van der Waals surface area contributed by atoms with Gasteiger partial charge in [-0.3, -0.25) is 14.6 Å². The topological polar surface area (TPSA) is 72.1 Å². The summed E-state index contributed by atoms with van der Waals surface area (Å²) in [5, 5.41) is 0. The molecule has 1 aliphatic carbocycles. The van der Waals surface area contributed by atoms with Gasteiger partial charge in [-0.1, -0.05) is 26.0 Å². The molecule has 2 aliphatic rings. The molecule has 2 heterocycles. The average molecular weight is 380 g/mol. The van der Waals surface area contributed by atoms with Crippen molar-refractivity contribution < 1.29 is 18.7 Å². The first-order chi connectivity index (χ1) is 13.4. The van der Waals surface area contributed by atoms with E-state index in [1.54, 1.807) is 12.3 Å². The molecule has 0 spiro atoms. The molecule has 28 heavy (non-hydrogen) atoms. The molecule has 1 saturated carbocycles. The fraction of sp³-hybridized carbons (Fsp3) is 0.409. The summed E-state index contributed by atoms with van der Waals surface area (Å²) in [5.74, 6) is -0.0694. The van der Waals surface area contributed by atoms with Crippen molar-refractivity contribution in [2.75, 3.05) is 18.6 Å². The van der Waals surface area contributed by atoms with Crippen LogP contribution in [0, 0.1) is 11.3 Å². The number of hydrogen-bond donors (Lipinski definition) is 0. The van der Waals surface area contributed by atoms with Gasteiger partial charge in [0.2, 0.25) is 0 Å². The van der Waals surface area contributed by atoms with Gasteiger partial charge in [0.15, 0.2) is 0 Å². The lowest BCUT2D eigenvalue weighted by molar-refractivity contribution is -0.139. The van der Waals surface area contributed by atoms with Gasteiger partial charge in [0.25, 0.3) is 0 Å². The minimum atomic E-state index is -0.462. The van der Waals surface area contributed by atoms with E-state index in [-0.39, 0.29) is 23.7 Å². The van der Waals surface area contributed by atoms with E-state index in [0.29, 0.717) is 12.2 Å². The van der Waals surface area contributed by atoms with Gasteiger partial charge in [-0.15, -0.1) is 0 Å². The van der Waals surface area contributed by atoms with E-state index < -0.39 is 12.0 Å². The van der Waals surface area contributed by atoms with Gasteiger partial charge in [0.1, 0.15) is 24.1 Å². The molecule has 1 aromatic heterocycles. The standard InChI is InChI=1S/C22H24N2O4/c1-22(2)11-15-20(17(25)12-22)21(18-9-6-10-28-18)24(13-19(26)27-3)16-8-5-4-7-14(16)23-15/h4-10,20-21H,11-13H2,1-3H3/t20?,21-/m1/s1. The van der Waals surface area contributed by atoms with Crippen molar-refractivity contribution in [2.45, 2.75) is 32.7 Å². The van der Waals surface area contributed by atoms with Gasteiger partial charge < -0.3 is 14.1 Å². The lowest BCUT2D eigenvalue weighted by Crippen LogP contribution is -2.46. The molecule has 1 aliphatic heterocycles. The number of nitrogens with zero attached hydrogens (tertiary/aromatic N) is 2. The zero-order chi connectivity index (χ0) is 19.9. The molecule has 1 fully saturated rings. The fourth-order valence-electron chi connectivity index (χ4n) is 4.35. The summed E-state index contributed by atoms with van der Waals surface area (Å²) < 4.78 is 10.7. The summed E-state index contributed by atoms with van der Waals surface area (Å²) in [4.78, 5) is 32.3. The maximum atomic E-state index is 13.3. The molecule has 2 atom stereocenters. The van der Waals surface area contributed by atoms with E-state index in [0.717, 1.165) is 23.5 Å². The Bertz CT molecular complexity index is 930. The number of carbonyl (C=O) groups is 2. The SMILES string of the molecule is COC(=O)CN1c2ccccc2N=C2CC(C)(C)CC(=O)C2[C@H]1c1ccco1. The Balaban J connectivity index is 1.92. The largest absolute Gasteiger partial charge is 0.468 e. The predicted octanol–water partition coefficient (Wildman–Crippen LogP) is 4.09. The number of ketones is 1. The van der Waals surface area contributed by atoms with Gasteiger partial charge in [-0.05, 0) is 36.1 Å². The monoisotopic (exact) mass is 380 g/mol. The van der Waals surface area contributed by atoms with Crippen LogP contribution < -0.4 is 4.90 Å². The maximum Gasteiger partial charge on any atom is 0.325 e. The molecule has 0 saturated heterocycles. The number of fused-ring (bicyclic) bond motifs is 2. The van der Waals surface area contributed by atoms with E-state index in [1.807, 2.05) is 35.2 Å². The zero-order valence-electron chi connectivity index (χ0n) is 16.3. The highest BCUT2D eigenvalue weighted by Crippen LogP contribution is 2.47. The third kappa shape index (κ3) is 3.23. The lowest BCUT2D eigenvalue weighted by Gasteiger charge is -2.40. The van der Waals surface area contributed by atoms with Crippen LogP contribution in [0.25, 0.3) is 0 Å². The lowest BCUT2D eigenvalue weighted by atomic mass is 9.68. The fourth-order valence-corrected chi connectivity index (χ4v) is 4.35. The Kier molecular flexibility index (Phi) is 4.57. The number of Topliss-reactive ketones (excluding diaryl/α,β-unsaturated/α-hetero) is 1. The minimum Gasteiger partial charge on any atom is -0.468 e. The van der Waals surface area contributed by atoms with Crippen molar-refractivity contribution in [3.63, 3.8) is 0 Å². The molecular formula is C22H24N2O4. The Morgan fingerprint density at radius 1 is 1.25 bits per heavy atom. The summed E-state index contributed by atoms with van der Waals surface area (Å²) in [7, 11) is 1.37. The van der Waals surface area contributed by atoms with Crippen LogP contribution in [0.4, 0.5) is 11.4 Å². The van der Waals surface area contributed by atoms with Gasteiger partial charge in [-0.25, -0.2) is 0 Å².